The fraction of sp³-hybridized carbons (Fsp3) is 0.632. The number of benzene rings is 1. The van der Waals surface area contributed by atoms with Crippen LogP contribution in [0.5, 0.6) is 11.5 Å². The topological polar surface area (TPSA) is 41.8 Å². The normalized spacial score (nSPS) is 32.4. The van der Waals surface area contributed by atoms with Crippen molar-refractivity contribution < 1.29 is 30.7 Å². The van der Waals surface area contributed by atoms with Gasteiger partial charge in [-0.05, 0) is 73.8 Å². The van der Waals surface area contributed by atoms with Crippen LogP contribution in [0.3, 0.4) is 0 Å². The molecule has 1 N–H and O–H groups in total. The van der Waals surface area contributed by atoms with Gasteiger partial charge in [0.1, 0.15) is 11.5 Å². The second kappa shape index (κ2) is 8.32. The van der Waals surface area contributed by atoms with Crippen molar-refractivity contribution in [1.82, 2.24) is 0 Å². The van der Waals surface area contributed by atoms with Crippen molar-refractivity contribution in [1.29, 1.82) is 0 Å². The van der Waals surface area contributed by atoms with E-state index in [2.05, 4.69) is 11.1 Å². The first-order chi connectivity index (χ1) is 12.0. The SMILES string of the molecule is CN=Cc1cc(OC)cc(C23CC4CC(CC(C4)C2)C3)c1O.[Cl][Zr][Cl]. The molecule has 0 unspecified atom stereocenters. The van der Waals surface area contributed by atoms with E-state index in [1.807, 2.05) is 6.07 Å². The Morgan fingerprint density at radius 2 is 1.68 bits per heavy atom. The zero-order valence-corrected chi connectivity index (χ0v) is 18.7. The third kappa shape index (κ3) is 3.97. The predicted molar refractivity (Wildman–Crippen MR) is 99.7 cm³/mol. The average Bonchev–Trinajstić information content (AvgIpc) is 2.56. The van der Waals surface area contributed by atoms with Gasteiger partial charge in [0.05, 0.1) is 7.11 Å². The number of phenols is 1. The maximum atomic E-state index is 10.9. The Morgan fingerprint density at radius 1 is 1.16 bits per heavy atom. The van der Waals surface area contributed by atoms with Gasteiger partial charge in [0.25, 0.3) is 0 Å². The number of methoxy groups -OCH3 is 1. The molecule has 25 heavy (non-hydrogen) atoms. The van der Waals surface area contributed by atoms with E-state index in [1.165, 1.54) is 38.5 Å². The van der Waals surface area contributed by atoms with Gasteiger partial charge >= 0.3 is 37.9 Å². The first kappa shape index (κ1) is 19.7. The fourth-order valence-corrected chi connectivity index (χ4v) is 5.83. The number of phenolic OH excluding ortho intramolecular Hbond substituents is 1. The molecule has 0 aliphatic heterocycles. The molecule has 0 spiro atoms. The van der Waals surface area contributed by atoms with Gasteiger partial charge in [0.15, 0.2) is 0 Å². The van der Waals surface area contributed by atoms with Crippen molar-refractivity contribution in [2.45, 2.75) is 43.9 Å². The molecule has 5 rings (SSSR count). The standard InChI is InChI=1S/C19H25NO2.2ClH.Zr/c1-20-11-15-6-16(22-2)7-17(18(15)21)19-8-12-3-13(9-19)5-14(4-12)10-19;;;/h6-7,11-14,21H,3-5,8-10H2,1-2H3;2*1H;/q;;;+2/p-2. The molecule has 0 heterocycles. The summed E-state index contributed by atoms with van der Waals surface area (Å²) in [6.07, 6.45) is 9.68. The Labute approximate surface area is 168 Å². The summed E-state index contributed by atoms with van der Waals surface area (Å²) in [5, 5.41) is 10.9. The van der Waals surface area contributed by atoms with Crippen molar-refractivity contribution in [3.05, 3.63) is 23.3 Å². The van der Waals surface area contributed by atoms with Gasteiger partial charge < -0.3 is 9.84 Å². The molecule has 0 amide bonds. The molecule has 1 aromatic rings. The number of aromatic hydroxyl groups is 1. The molecule has 4 aliphatic rings. The van der Waals surface area contributed by atoms with Crippen molar-refractivity contribution in [3.63, 3.8) is 0 Å². The molecule has 6 heteroatoms. The van der Waals surface area contributed by atoms with Crippen molar-refractivity contribution >= 4 is 23.2 Å². The number of hydrogen-bond acceptors (Lipinski definition) is 3. The Bertz CT molecular complexity index is 615. The second-order valence-electron chi connectivity index (χ2n) is 7.77. The number of nitrogens with zero attached hydrogens (tertiary/aromatic N) is 1. The minimum absolute atomic E-state index is 0.170. The van der Waals surface area contributed by atoms with Gasteiger partial charge in [-0.2, -0.15) is 0 Å². The summed E-state index contributed by atoms with van der Waals surface area (Å²) >= 11 is -0.826. The van der Waals surface area contributed by atoms with Gasteiger partial charge in [-0.15, -0.1) is 0 Å². The van der Waals surface area contributed by atoms with Gasteiger partial charge in [-0.1, -0.05) is 0 Å². The van der Waals surface area contributed by atoms with E-state index in [0.717, 1.165) is 34.6 Å². The Hall–Kier alpha value is -0.0469. The first-order valence-electron chi connectivity index (χ1n) is 8.85. The van der Waals surface area contributed by atoms with Crippen LogP contribution < -0.4 is 4.74 Å². The van der Waals surface area contributed by atoms with Crippen LogP contribution in [0.25, 0.3) is 0 Å². The van der Waals surface area contributed by atoms with Crippen molar-refractivity contribution in [3.8, 4) is 11.5 Å². The van der Waals surface area contributed by atoms with Crippen molar-refractivity contribution in [2.24, 2.45) is 22.7 Å². The zero-order valence-electron chi connectivity index (χ0n) is 14.8. The molecule has 4 saturated carbocycles. The van der Waals surface area contributed by atoms with Crippen LogP contribution in [0.2, 0.25) is 0 Å². The summed E-state index contributed by atoms with van der Waals surface area (Å²) in [6, 6.07) is 3.96. The van der Waals surface area contributed by atoms with Gasteiger partial charge in [0, 0.05) is 24.4 Å². The van der Waals surface area contributed by atoms with Gasteiger partial charge in [-0.3, -0.25) is 4.99 Å². The predicted octanol–water partition coefficient (Wildman–Crippen LogP) is 5.29. The molecule has 4 bridgehead atoms. The average molecular weight is 462 g/mol. The Balaban J connectivity index is 0.000000569. The van der Waals surface area contributed by atoms with Crippen LogP contribution in [0.4, 0.5) is 0 Å². The van der Waals surface area contributed by atoms with E-state index < -0.39 is 20.8 Å². The molecule has 3 nitrogen and oxygen atoms in total. The number of hydrogen-bond donors (Lipinski definition) is 1. The molecule has 0 radical (unpaired) electrons. The summed E-state index contributed by atoms with van der Waals surface area (Å²) in [7, 11) is 13.3. The Kier molecular flexibility index (Phi) is 6.56. The van der Waals surface area contributed by atoms with Crippen LogP contribution in [0.15, 0.2) is 17.1 Å². The molecule has 0 atom stereocenters. The van der Waals surface area contributed by atoms with E-state index in [4.69, 9.17) is 21.8 Å². The van der Waals surface area contributed by atoms with E-state index in [9.17, 15) is 5.11 Å². The third-order valence-electron chi connectivity index (χ3n) is 6.23. The number of halogens is 2. The first-order valence-corrected chi connectivity index (χ1v) is 15.2. The van der Waals surface area contributed by atoms with Crippen LogP contribution in [-0.4, -0.2) is 25.5 Å². The second-order valence-corrected chi connectivity index (χ2v) is 11.5. The molecule has 1 aromatic carbocycles. The maximum absolute atomic E-state index is 10.9. The number of ether oxygens (including phenoxy) is 1. The summed E-state index contributed by atoms with van der Waals surface area (Å²) < 4.78 is 5.49. The molecule has 0 saturated heterocycles. The molecular weight excluding hydrogens is 436 g/mol. The van der Waals surface area contributed by atoms with Crippen LogP contribution >= 0.6 is 17.0 Å². The zero-order chi connectivity index (χ0) is 18.0. The van der Waals surface area contributed by atoms with Gasteiger partial charge in [-0.25, -0.2) is 0 Å². The molecule has 4 aliphatic carbocycles. The summed E-state index contributed by atoms with van der Waals surface area (Å²) in [6.45, 7) is 0. The van der Waals surface area contributed by atoms with E-state index in [-0.39, 0.29) is 5.41 Å². The molecular formula is C19H25Cl2NO2Zr. The summed E-state index contributed by atoms with van der Waals surface area (Å²) in [5.41, 5.74) is 2.07. The van der Waals surface area contributed by atoms with Crippen LogP contribution in [0, 0.1) is 17.8 Å². The summed E-state index contributed by atoms with van der Waals surface area (Å²) in [4.78, 5) is 4.09. The molecule has 136 valence electrons. The fourth-order valence-electron chi connectivity index (χ4n) is 5.83. The minimum atomic E-state index is -0.826. The molecule has 4 fully saturated rings. The van der Waals surface area contributed by atoms with Gasteiger partial charge in [0.2, 0.25) is 0 Å². The van der Waals surface area contributed by atoms with Crippen LogP contribution in [0.1, 0.15) is 49.7 Å². The van der Waals surface area contributed by atoms with E-state index >= 15 is 0 Å². The third-order valence-corrected chi connectivity index (χ3v) is 6.23. The number of aliphatic imine (C=N–C) groups is 1. The van der Waals surface area contributed by atoms with E-state index in [1.54, 1.807) is 20.4 Å². The van der Waals surface area contributed by atoms with E-state index in [0.29, 0.717) is 5.75 Å². The monoisotopic (exact) mass is 459 g/mol. The quantitative estimate of drug-likeness (QED) is 0.621. The van der Waals surface area contributed by atoms with Crippen molar-refractivity contribution in [2.75, 3.05) is 14.2 Å². The summed E-state index contributed by atoms with van der Waals surface area (Å²) in [5.74, 6) is 3.84. The van der Waals surface area contributed by atoms with Crippen LogP contribution in [-0.2, 0) is 26.3 Å². The number of rotatable bonds is 3. The Morgan fingerprint density at radius 3 is 2.12 bits per heavy atom. The molecule has 0 aromatic heterocycles.